The van der Waals surface area contributed by atoms with Crippen LogP contribution in [0.5, 0.6) is 0 Å². The van der Waals surface area contributed by atoms with Crippen LogP contribution in [0.2, 0.25) is 0 Å². The predicted molar refractivity (Wildman–Crippen MR) is 127 cm³/mol. The lowest BCUT2D eigenvalue weighted by Crippen LogP contribution is -2.53. The molecule has 0 radical (unpaired) electrons. The van der Waals surface area contributed by atoms with E-state index in [2.05, 4.69) is 28.5 Å². The highest BCUT2D eigenvalue weighted by atomic mass is 32.3. The van der Waals surface area contributed by atoms with Gasteiger partial charge in [-0.1, -0.05) is 13.8 Å². The van der Waals surface area contributed by atoms with Gasteiger partial charge in [-0.3, -0.25) is 4.98 Å². The number of hydrogen-bond donors (Lipinski definition) is 3. The number of carbonyl (C=O) groups excluding carboxylic acids is 1. The summed E-state index contributed by atoms with van der Waals surface area (Å²) in [6.45, 7) is 9.32. The predicted octanol–water partition coefficient (Wildman–Crippen LogP) is 3.65. The zero-order chi connectivity index (χ0) is 23.1. The Morgan fingerprint density at radius 1 is 1.28 bits per heavy atom. The topological polar surface area (TPSA) is 108 Å². The molecule has 0 saturated heterocycles. The van der Waals surface area contributed by atoms with Crippen molar-refractivity contribution in [3.63, 3.8) is 0 Å². The van der Waals surface area contributed by atoms with Crippen LogP contribution in [0.1, 0.15) is 75.0 Å². The molecule has 8 nitrogen and oxygen atoms in total. The van der Waals surface area contributed by atoms with Crippen LogP contribution in [0.3, 0.4) is 0 Å². The number of pyridine rings is 1. The molecule has 2 aliphatic carbocycles. The highest BCUT2D eigenvalue weighted by molar-refractivity contribution is 8.04. The third kappa shape index (κ3) is 3.14. The van der Waals surface area contributed by atoms with Gasteiger partial charge in [0.2, 0.25) is 0 Å². The molecule has 0 atom stereocenters. The number of aliphatic hydroxyl groups is 1. The maximum Gasteiger partial charge on any atom is 0.339 e. The van der Waals surface area contributed by atoms with E-state index in [0.29, 0.717) is 15.1 Å². The number of hydrogen-bond acceptors (Lipinski definition) is 6. The van der Waals surface area contributed by atoms with E-state index in [-0.39, 0.29) is 5.41 Å². The zero-order valence-electron chi connectivity index (χ0n) is 19.0. The summed E-state index contributed by atoms with van der Waals surface area (Å²) in [7, 11) is -3.48. The number of aryl methyl sites for hydroxylation is 1. The first-order valence-electron chi connectivity index (χ1n) is 10.9. The monoisotopic (exact) mass is 475 g/mol. The molecule has 0 fully saturated rings. The van der Waals surface area contributed by atoms with Crippen molar-refractivity contribution in [1.29, 1.82) is 0 Å². The third-order valence-corrected chi connectivity index (χ3v) is 10.9. The molecule has 2 aromatic heterocycles. The Morgan fingerprint density at radius 2 is 2.03 bits per heavy atom. The Hall–Kier alpha value is -2.17. The fourth-order valence-electron chi connectivity index (χ4n) is 4.84. The average molecular weight is 476 g/mol. The van der Waals surface area contributed by atoms with Gasteiger partial charge in [-0.2, -0.15) is 8.70 Å². The second kappa shape index (κ2) is 6.91. The highest BCUT2D eigenvalue weighted by Gasteiger charge is 2.43. The largest absolute Gasteiger partial charge is 0.383 e. The molecule has 0 spiro atoms. The van der Waals surface area contributed by atoms with Crippen LogP contribution in [0, 0.1) is 0 Å². The molecule has 0 bridgehead atoms. The number of carbonyl (C=O) groups is 1. The van der Waals surface area contributed by atoms with E-state index in [0.717, 1.165) is 71.6 Å². The SMILES string of the molecule is CC1=N[SH](=O)(c2cnc(C(C)(C)O)s2)N1C(=O)Nc1c2c(nc3c1CCC3(C)C)CCC2. The molecule has 0 aromatic carbocycles. The molecule has 172 valence electrons. The molecule has 10 heteroatoms. The average Bonchev–Trinajstić information content (AvgIpc) is 3.40. The van der Waals surface area contributed by atoms with Crippen LogP contribution in [0.4, 0.5) is 10.5 Å². The normalized spacial score (nSPS) is 21.4. The van der Waals surface area contributed by atoms with E-state index in [1.165, 1.54) is 10.5 Å². The number of fused-ring (bicyclic) bond motifs is 2. The standard InChI is InChI=1S/C22H29N5O3S2/c1-12-26-32(30,16-11-23-19(31-16)22(4,5)29)27(12)20(28)25-17-13-7-6-8-15(13)24-18-14(17)9-10-21(18,2)3/h11,29,32H,6-10H2,1-5H3,(H,24,25,28). The van der Waals surface area contributed by atoms with E-state index in [9.17, 15) is 14.1 Å². The quantitative estimate of drug-likeness (QED) is 0.588. The van der Waals surface area contributed by atoms with Crippen LogP contribution in [0.25, 0.3) is 0 Å². The number of anilines is 1. The van der Waals surface area contributed by atoms with Gasteiger partial charge in [-0.25, -0.2) is 14.0 Å². The summed E-state index contributed by atoms with van der Waals surface area (Å²) in [4.78, 5) is 22.6. The molecular formula is C22H29N5O3S2. The number of rotatable bonds is 3. The first-order valence-corrected chi connectivity index (χ1v) is 13.4. The van der Waals surface area contributed by atoms with Crippen LogP contribution < -0.4 is 5.32 Å². The first-order chi connectivity index (χ1) is 14.9. The van der Waals surface area contributed by atoms with Crippen molar-refractivity contribution in [1.82, 2.24) is 14.3 Å². The van der Waals surface area contributed by atoms with Gasteiger partial charge in [0.25, 0.3) is 0 Å². The van der Waals surface area contributed by atoms with Gasteiger partial charge in [0.15, 0.2) is 0 Å². The first kappa shape index (κ1) is 21.7. The fraction of sp³-hybridized carbons (Fsp3) is 0.545. The Kier molecular flexibility index (Phi) is 4.68. The molecule has 3 aliphatic rings. The van der Waals surface area contributed by atoms with Crippen molar-refractivity contribution in [2.75, 3.05) is 5.32 Å². The minimum atomic E-state index is -3.48. The van der Waals surface area contributed by atoms with E-state index < -0.39 is 21.9 Å². The Morgan fingerprint density at radius 3 is 2.69 bits per heavy atom. The van der Waals surface area contributed by atoms with E-state index in [1.54, 1.807) is 20.8 Å². The van der Waals surface area contributed by atoms with Crippen molar-refractivity contribution < 1.29 is 14.1 Å². The summed E-state index contributed by atoms with van der Waals surface area (Å²) in [6.07, 6.45) is 6.15. The van der Waals surface area contributed by atoms with Gasteiger partial charge in [0.05, 0.1) is 27.9 Å². The highest BCUT2D eigenvalue weighted by Crippen LogP contribution is 2.45. The van der Waals surface area contributed by atoms with Gasteiger partial charge < -0.3 is 10.4 Å². The molecule has 1 aliphatic heterocycles. The molecule has 2 aromatic rings. The number of thiazole rings is 1. The Balaban J connectivity index is 1.50. The molecule has 5 rings (SSSR count). The summed E-state index contributed by atoms with van der Waals surface area (Å²) in [5, 5.41) is 13.8. The summed E-state index contributed by atoms with van der Waals surface area (Å²) >= 11 is 1.13. The number of amides is 2. The lowest BCUT2D eigenvalue weighted by Gasteiger charge is -2.40. The lowest BCUT2D eigenvalue weighted by molar-refractivity contribution is 0.0783. The van der Waals surface area contributed by atoms with Crippen LogP contribution in [0.15, 0.2) is 14.8 Å². The summed E-state index contributed by atoms with van der Waals surface area (Å²) in [5.74, 6) is 0.409. The number of thiol groups is 1. The van der Waals surface area contributed by atoms with Crippen molar-refractivity contribution in [3.05, 3.63) is 33.7 Å². The van der Waals surface area contributed by atoms with E-state index >= 15 is 0 Å². The fourth-order valence-corrected chi connectivity index (χ4v) is 8.28. The number of nitrogens with zero attached hydrogens (tertiary/aromatic N) is 4. The minimum Gasteiger partial charge on any atom is -0.383 e. The second-order valence-corrected chi connectivity index (χ2v) is 13.5. The maximum atomic E-state index is 13.7. The molecular weight excluding hydrogens is 446 g/mol. The van der Waals surface area contributed by atoms with Crippen LogP contribution in [-0.4, -0.2) is 35.5 Å². The van der Waals surface area contributed by atoms with Crippen LogP contribution in [-0.2, 0) is 40.6 Å². The number of aromatic nitrogens is 2. The van der Waals surface area contributed by atoms with Gasteiger partial charge >= 0.3 is 6.03 Å². The molecule has 2 N–H and O–H groups in total. The smallest absolute Gasteiger partial charge is 0.339 e. The summed E-state index contributed by atoms with van der Waals surface area (Å²) in [5.41, 5.74) is 4.05. The number of nitrogens with one attached hydrogen (secondary N) is 1. The third-order valence-electron chi connectivity index (χ3n) is 6.55. The second-order valence-electron chi connectivity index (χ2n) is 9.97. The summed E-state index contributed by atoms with van der Waals surface area (Å²) in [6, 6.07) is -0.439. The van der Waals surface area contributed by atoms with E-state index in [1.807, 2.05) is 0 Å². The van der Waals surface area contributed by atoms with Crippen molar-refractivity contribution in [3.8, 4) is 0 Å². The van der Waals surface area contributed by atoms with E-state index in [4.69, 9.17) is 4.98 Å². The summed E-state index contributed by atoms with van der Waals surface area (Å²) < 4.78 is 19.6. The Bertz CT molecular complexity index is 1220. The maximum absolute atomic E-state index is 13.7. The number of urea groups is 1. The molecule has 32 heavy (non-hydrogen) atoms. The van der Waals surface area contributed by atoms with Gasteiger partial charge in [0.1, 0.15) is 20.7 Å². The molecule has 0 saturated carbocycles. The molecule has 0 unspecified atom stereocenters. The van der Waals surface area contributed by atoms with Crippen molar-refractivity contribution in [2.24, 2.45) is 4.40 Å². The Labute approximate surface area is 192 Å². The van der Waals surface area contributed by atoms with Crippen LogP contribution >= 0.6 is 11.3 Å². The van der Waals surface area contributed by atoms with Gasteiger partial charge in [-0.15, -0.1) is 11.3 Å². The molecule has 2 amide bonds. The van der Waals surface area contributed by atoms with Crippen molar-refractivity contribution >= 4 is 39.2 Å². The molecule has 3 heterocycles. The lowest BCUT2D eigenvalue weighted by atomic mass is 9.90. The van der Waals surface area contributed by atoms with Crippen molar-refractivity contribution in [2.45, 2.75) is 81.9 Å². The van der Waals surface area contributed by atoms with Gasteiger partial charge in [-0.05, 0) is 64.0 Å². The number of amidine groups is 1. The minimum absolute atomic E-state index is 0.0218. The zero-order valence-corrected chi connectivity index (χ0v) is 20.7. The van der Waals surface area contributed by atoms with Gasteiger partial charge in [0, 0.05) is 11.1 Å².